The molecular weight excluding hydrogens is 374 g/mol. The minimum Gasteiger partial charge on any atom is -0.484 e. The smallest absolute Gasteiger partial charge is 0.336 e. The van der Waals surface area contributed by atoms with Gasteiger partial charge < -0.3 is 14.5 Å². The highest BCUT2D eigenvalue weighted by Crippen LogP contribution is 2.21. The summed E-state index contributed by atoms with van der Waals surface area (Å²) in [6, 6.07) is 13.7. The molecule has 0 unspecified atom stereocenters. The molecule has 0 bridgehead atoms. The Labute approximate surface area is 146 Å². The summed E-state index contributed by atoms with van der Waals surface area (Å²) >= 11 is 3.42. The fourth-order valence-electron chi connectivity index (χ4n) is 2.15. The lowest BCUT2D eigenvalue weighted by Crippen LogP contribution is -2.20. The fraction of sp³-hybridized carbons (Fsp3) is 0.111. The third-order valence-electron chi connectivity index (χ3n) is 3.42. The zero-order valence-corrected chi connectivity index (χ0v) is 14.4. The van der Waals surface area contributed by atoms with Crippen molar-refractivity contribution in [2.75, 3.05) is 11.9 Å². The summed E-state index contributed by atoms with van der Waals surface area (Å²) in [6.07, 6.45) is 0. The number of amides is 1. The Kier molecular flexibility index (Phi) is 4.66. The topological polar surface area (TPSA) is 68.5 Å². The first-order valence-electron chi connectivity index (χ1n) is 7.24. The van der Waals surface area contributed by atoms with Crippen LogP contribution in [0.4, 0.5) is 5.69 Å². The Hall–Kier alpha value is -2.60. The van der Waals surface area contributed by atoms with Crippen LogP contribution in [0.1, 0.15) is 5.56 Å². The molecule has 0 spiro atoms. The van der Waals surface area contributed by atoms with E-state index in [4.69, 9.17) is 9.15 Å². The van der Waals surface area contributed by atoms with Crippen LogP contribution in [0.2, 0.25) is 0 Å². The molecule has 2 aromatic carbocycles. The van der Waals surface area contributed by atoms with Gasteiger partial charge in [0.2, 0.25) is 0 Å². The van der Waals surface area contributed by atoms with Crippen molar-refractivity contribution in [1.82, 2.24) is 0 Å². The highest BCUT2D eigenvalue weighted by atomic mass is 79.9. The van der Waals surface area contributed by atoms with Crippen molar-refractivity contribution < 1.29 is 13.9 Å². The molecule has 1 heterocycles. The molecule has 122 valence electrons. The van der Waals surface area contributed by atoms with Crippen LogP contribution < -0.4 is 15.7 Å². The van der Waals surface area contributed by atoms with E-state index in [1.807, 2.05) is 25.1 Å². The third kappa shape index (κ3) is 3.83. The minimum atomic E-state index is -0.428. The molecule has 0 aliphatic carbocycles. The molecule has 0 saturated carbocycles. The largest absolute Gasteiger partial charge is 0.484 e. The van der Waals surface area contributed by atoms with Crippen LogP contribution >= 0.6 is 15.9 Å². The van der Waals surface area contributed by atoms with Crippen molar-refractivity contribution in [2.45, 2.75) is 6.92 Å². The first kappa shape index (κ1) is 16.3. The highest BCUT2D eigenvalue weighted by molar-refractivity contribution is 9.10. The number of nitrogens with one attached hydrogen (secondary N) is 1. The Bertz CT molecular complexity index is 965. The molecule has 0 aliphatic heterocycles. The van der Waals surface area contributed by atoms with Gasteiger partial charge >= 0.3 is 5.63 Å². The van der Waals surface area contributed by atoms with Gasteiger partial charge in [0, 0.05) is 27.7 Å². The first-order chi connectivity index (χ1) is 11.5. The Morgan fingerprint density at radius 3 is 2.75 bits per heavy atom. The van der Waals surface area contributed by atoms with Gasteiger partial charge in [-0.1, -0.05) is 22.0 Å². The molecule has 3 rings (SSSR count). The monoisotopic (exact) mass is 387 g/mol. The van der Waals surface area contributed by atoms with E-state index in [1.54, 1.807) is 24.3 Å². The molecule has 0 fully saturated rings. The van der Waals surface area contributed by atoms with Gasteiger partial charge in [-0.25, -0.2) is 4.79 Å². The van der Waals surface area contributed by atoms with E-state index < -0.39 is 5.63 Å². The number of ether oxygens (including phenoxy) is 1. The van der Waals surface area contributed by atoms with Crippen LogP contribution in [0.3, 0.4) is 0 Å². The van der Waals surface area contributed by atoms with Gasteiger partial charge in [0.25, 0.3) is 5.91 Å². The quantitative estimate of drug-likeness (QED) is 0.689. The van der Waals surface area contributed by atoms with Crippen molar-refractivity contribution in [3.05, 3.63) is 69.0 Å². The average Bonchev–Trinajstić information content (AvgIpc) is 2.56. The van der Waals surface area contributed by atoms with E-state index in [0.29, 0.717) is 17.0 Å². The van der Waals surface area contributed by atoms with E-state index in [9.17, 15) is 9.59 Å². The molecule has 6 heteroatoms. The van der Waals surface area contributed by atoms with E-state index in [-0.39, 0.29) is 12.5 Å². The third-order valence-corrected chi connectivity index (χ3v) is 4.27. The Morgan fingerprint density at radius 1 is 1.17 bits per heavy atom. The number of hydrogen-bond acceptors (Lipinski definition) is 4. The molecule has 0 radical (unpaired) electrons. The van der Waals surface area contributed by atoms with Gasteiger partial charge in [0.1, 0.15) is 11.3 Å². The zero-order chi connectivity index (χ0) is 17.1. The lowest BCUT2D eigenvalue weighted by molar-refractivity contribution is -0.118. The maximum atomic E-state index is 12.0. The lowest BCUT2D eigenvalue weighted by Gasteiger charge is -2.09. The summed E-state index contributed by atoms with van der Waals surface area (Å²) in [5.41, 5.74) is 1.76. The van der Waals surface area contributed by atoms with E-state index in [1.165, 1.54) is 6.07 Å². The maximum Gasteiger partial charge on any atom is 0.336 e. The number of benzene rings is 2. The molecule has 1 amide bonds. The van der Waals surface area contributed by atoms with Crippen LogP contribution in [-0.4, -0.2) is 12.5 Å². The molecule has 24 heavy (non-hydrogen) atoms. The molecule has 1 aromatic heterocycles. The number of hydrogen-bond donors (Lipinski definition) is 1. The van der Waals surface area contributed by atoms with Crippen molar-refractivity contribution >= 4 is 38.5 Å². The number of carbonyl (C=O) groups excluding carboxylic acids is 1. The van der Waals surface area contributed by atoms with Gasteiger partial charge in [-0.2, -0.15) is 0 Å². The van der Waals surface area contributed by atoms with Gasteiger partial charge in [-0.3, -0.25) is 4.79 Å². The molecule has 0 aliphatic rings. The predicted octanol–water partition coefficient (Wildman–Crippen LogP) is 3.88. The van der Waals surface area contributed by atoms with E-state index in [0.717, 1.165) is 15.4 Å². The van der Waals surface area contributed by atoms with E-state index >= 15 is 0 Å². The van der Waals surface area contributed by atoms with Crippen LogP contribution in [0, 0.1) is 6.92 Å². The standard InChI is InChI=1S/C18H14BrNO4/c1-11-2-5-13(8-15(11)19)20-17(21)10-23-14-6-3-12-4-7-18(22)24-16(12)9-14/h2-9H,10H2,1H3,(H,20,21). The van der Waals surface area contributed by atoms with Gasteiger partial charge in [-0.05, 0) is 42.8 Å². The van der Waals surface area contributed by atoms with Crippen LogP contribution in [0.15, 0.2) is 62.2 Å². The number of carbonyl (C=O) groups is 1. The maximum absolute atomic E-state index is 12.0. The Balaban J connectivity index is 1.65. The number of halogens is 1. The summed E-state index contributed by atoms with van der Waals surface area (Å²) in [5, 5.41) is 3.55. The number of aryl methyl sites for hydroxylation is 1. The molecule has 3 aromatic rings. The zero-order valence-electron chi connectivity index (χ0n) is 12.8. The first-order valence-corrected chi connectivity index (χ1v) is 8.03. The van der Waals surface area contributed by atoms with Crippen molar-refractivity contribution in [3.8, 4) is 5.75 Å². The van der Waals surface area contributed by atoms with Gasteiger partial charge in [0.15, 0.2) is 6.61 Å². The van der Waals surface area contributed by atoms with Gasteiger partial charge in [-0.15, -0.1) is 0 Å². The minimum absolute atomic E-state index is 0.145. The lowest BCUT2D eigenvalue weighted by atomic mass is 10.2. The molecule has 0 atom stereocenters. The van der Waals surface area contributed by atoms with Gasteiger partial charge in [0.05, 0.1) is 0 Å². The summed E-state index contributed by atoms with van der Waals surface area (Å²) in [4.78, 5) is 23.2. The number of rotatable bonds is 4. The van der Waals surface area contributed by atoms with Crippen LogP contribution in [0.5, 0.6) is 5.75 Å². The second-order valence-electron chi connectivity index (χ2n) is 5.25. The van der Waals surface area contributed by atoms with Crippen molar-refractivity contribution in [2.24, 2.45) is 0 Å². The Morgan fingerprint density at radius 2 is 1.96 bits per heavy atom. The summed E-state index contributed by atoms with van der Waals surface area (Å²) in [6.45, 7) is 1.82. The fourth-order valence-corrected chi connectivity index (χ4v) is 2.53. The molecular formula is C18H14BrNO4. The summed E-state index contributed by atoms with van der Waals surface area (Å²) in [5.74, 6) is 0.178. The second kappa shape index (κ2) is 6.88. The second-order valence-corrected chi connectivity index (χ2v) is 6.11. The van der Waals surface area contributed by atoms with Crippen LogP contribution in [0.25, 0.3) is 11.0 Å². The summed E-state index contributed by atoms with van der Waals surface area (Å²) in [7, 11) is 0. The normalized spacial score (nSPS) is 10.6. The molecule has 0 saturated heterocycles. The summed E-state index contributed by atoms with van der Waals surface area (Å²) < 4.78 is 11.5. The molecule has 1 N–H and O–H groups in total. The van der Waals surface area contributed by atoms with Crippen molar-refractivity contribution in [3.63, 3.8) is 0 Å². The number of fused-ring (bicyclic) bond motifs is 1. The predicted molar refractivity (Wildman–Crippen MR) is 95.5 cm³/mol. The molecule has 5 nitrogen and oxygen atoms in total. The average molecular weight is 388 g/mol. The SMILES string of the molecule is Cc1ccc(NC(=O)COc2ccc3ccc(=O)oc3c2)cc1Br. The highest BCUT2D eigenvalue weighted by Gasteiger charge is 2.06. The van der Waals surface area contributed by atoms with E-state index in [2.05, 4.69) is 21.2 Å². The van der Waals surface area contributed by atoms with Crippen molar-refractivity contribution in [1.29, 1.82) is 0 Å². The van der Waals surface area contributed by atoms with Crippen LogP contribution in [-0.2, 0) is 4.79 Å². The number of anilines is 1.